The van der Waals surface area contributed by atoms with Crippen LogP contribution in [0.15, 0.2) is 36.7 Å². The van der Waals surface area contributed by atoms with Crippen LogP contribution >= 0.6 is 0 Å². The molecule has 1 heterocycles. The van der Waals surface area contributed by atoms with Crippen LogP contribution < -0.4 is 10.2 Å². The zero-order valence-electron chi connectivity index (χ0n) is 15.9. The van der Waals surface area contributed by atoms with Crippen LogP contribution in [-0.2, 0) is 17.9 Å². The fourth-order valence-corrected chi connectivity index (χ4v) is 3.62. The van der Waals surface area contributed by atoms with Crippen LogP contribution in [0.25, 0.3) is 0 Å². The second-order valence-electron chi connectivity index (χ2n) is 7.38. The van der Waals surface area contributed by atoms with Gasteiger partial charge in [-0.3, -0.25) is 9.48 Å². The maximum absolute atomic E-state index is 12.0. The Labute approximate surface area is 156 Å². The molecule has 1 aliphatic rings. The highest BCUT2D eigenvalue weighted by molar-refractivity contribution is 5.75. The molecule has 1 aromatic heterocycles. The Bertz CT molecular complexity index is 701. The van der Waals surface area contributed by atoms with E-state index in [4.69, 9.17) is 0 Å². The minimum absolute atomic E-state index is 0.0570. The number of hydrogen-bond donors (Lipinski definition) is 1. The predicted molar refractivity (Wildman–Crippen MR) is 105 cm³/mol. The number of nitrogens with zero attached hydrogens (tertiary/aromatic N) is 3. The van der Waals surface area contributed by atoms with E-state index in [0.717, 1.165) is 11.1 Å². The van der Waals surface area contributed by atoms with Crippen molar-refractivity contribution in [2.24, 2.45) is 0 Å². The quantitative estimate of drug-likeness (QED) is 0.825. The summed E-state index contributed by atoms with van der Waals surface area (Å²) in [5, 5.41) is 7.20. The van der Waals surface area contributed by atoms with Gasteiger partial charge in [0.25, 0.3) is 0 Å². The second-order valence-corrected chi connectivity index (χ2v) is 7.38. The molecule has 1 fully saturated rings. The average Bonchev–Trinajstić information content (AvgIpc) is 3.10. The van der Waals surface area contributed by atoms with Gasteiger partial charge in [0.15, 0.2) is 0 Å². The van der Waals surface area contributed by atoms with Crippen molar-refractivity contribution in [3.8, 4) is 0 Å². The normalized spacial score (nSPS) is 15.0. The largest absolute Gasteiger partial charge is 0.372 e. The number of nitrogens with one attached hydrogen (secondary N) is 1. The van der Waals surface area contributed by atoms with Crippen LogP contribution in [0.2, 0.25) is 0 Å². The summed E-state index contributed by atoms with van der Waals surface area (Å²) in [7, 11) is 2.20. The summed E-state index contributed by atoms with van der Waals surface area (Å²) in [5.74, 6) is 0.0570. The van der Waals surface area contributed by atoms with E-state index in [1.807, 2.05) is 24.0 Å². The van der Waals surface area contributed by atoms with Crippen molar-refractivity contribution in [1.82, 2.24) is 15.1 Å². The average molecular weight is 354 g/mol. The molecule has 1 aliphatic carbocycles. The van der Waals surface area contributed by atoms with Gasteiger partial charge in [-0.1, -0.05) is 31.4 Å². The van der Waals surface area contributed by atoms with Crippen molar-refractivity contribution >= 4 is 11.6 Å². The van der Waals surface area contributed by atoms with Gasteiger partial charge >= 0.3 is 0 Å². The molecule has 140 valence electrons. The molecule has 5 nitrogen and oxygen atoms in total. The standard InChI is InChI=1S/C21H30N4O/c1-17-14-23-25(16-17)13-12-21(26)22-15-18-8-10-20(11-9-18)24(2)19-6-4-3-5-7-19/h8-11,14,16,19H,3-7,12-13,15H2,1-2H3,(H,22,26). The summed E-state index contributed by atoms with van der Waals surface area (Å²) in [4.78, 5) is 14.4. The first-order chi connectivity index (χ1) is 12.6. The number of carbonyl (C=O) groups excluding carboxylic acids is 1. The van der Waals surface area contributed by atoms with E-state index in [-0.39, 0.29) is 5.91 Å². The SMILES string of the molecule is Cc1cnn(CCC(=O)NCc2ccc(N(C)C3CCCCC3)cc2)c1. The molecule has 1 saturated carbocycles. The van der Waals surface area contributed by atoms with Gasteiger partial charge in [0.2, 0.25) is 5.91 Å². The molecular formula is C21H30N4O. The first-order valence-corrected chi connectivity index (χ1v) is 9.69. The van der Waals surface area contributed by atoms with Crippen LogP contribution in [0.4, 0.5) is 5.69 Å². The van der Waals surface area contributed by atoms with Gasteiger partial charge < -0.3 is 10.2 Å². The highest BCUT2D eigenvalue weighted by atomic mass is 16.1. The molecule has 0 saturated heterocycles. The fourth-order valence-electron chi connectivity index (χ4n) is 3.62. The van der Waals surface area contributed by atoms with Gasteiger partial charge in [-0.05, 0) is 43.0 Å². The van der Waals surface area contributed by atoms with Crippen molar-refractivity contribution in [3.63, 3.8) is 0 Å². The minimum atomic E-state index is 0.0570. The van der Waals surface area contributed by atoms with Gasteiger partial charge in [-0.25, -0.2) is 0 Å². The lowest BCUT2D eigenvalue weighted by atomic mass is 9.94. The lowest BCUT2D eigenvalue weighted by Gasteiger charge is -2.33. The molecule has 0 radical (unpaired) electrons. The number of aryl methyl sites for hydroxylation is 2. The lowest BCUT2D eigenvalue weighted by molar-refractivity contribution is -0.121. The maximum atomic E-state index is 12.0. The van der Waals surface area contributed by atoms with E-state index in [1.165, 1.54) is 37.8 Å². The summed E-state index contributed by atoms with van der Waals surface area (Å²) >= 11 is 0. The number of rotatable bonds is 7. The number of anilines is 1. The van der Waals surface area contributed by atoms with Crippen LogP contribution in [0.1, 0.15) is 49.7 Å². The van der Waals surface area contributed by atoms with E-state index in [2.05, 4.69) is 46.6 Å². The monoisotopic (exact) mass is 354 g/mol. The van der Waals surface area contributed by atoms with Crippen molar-refractivity contribution in [2.75, 3.05) is 11.9 Å². The van der Waals surface area contributed by atoms with Crippen molar-refractivity contribution < 1.29 is 4.79 Å². The molecule has 26 heavy (non-hydrogen) atoms. The molecule has 2 aromatic rings. The fraction of sp³-hybridized carbons (Fsp3) is 0.524. The number of benzene rings is 1. The van der Waals surface area contributed by atoms with Gasteiger partial charge in [-0.15, -0.1) is 0 Å². The van der Waals surface area contributed by atoms with Gasteiger partial charge in [0.1, 0.15) is 0 Å². The Morgan fingerprint density at radius 2 is 1.96 bits per heavy atom. The Balaban J connectivity index is 1.44. The third kappa shape index (κ3) is 5.10. The summed E-state index contributed by atoms with van der Waals surface area (Å²) in [6.07, 6.45) is 10.9. The molecule has 3 rings (SSSR count). The smallest absolute Gasteiger partial charge is 0.222 e. The third-order valence-electron chi connectivity index (χ3n) is 5.29. The molecule has 0 spiro atoms. The van der Waals surface area contributed by atoms with E-state index >= 15 is 0 Å². The zero-order chi connectivity index (χ0) is 18.4. The molecule has 1 amide bonds. The topological polar surface area (TPSA) is 50.2 Å². The third-order valence-corrected chi connectivity index (χ3v) is 5.29. The van der Waals surface area contributed by atoms with Gasteiger partial charge in [-0.2, -0.15) is 5.10 Å². The Kier molecular flexibility index (Phi) is 6.31. The molecule has 1 aromatic carbocycles. The molecule has 0 unspecified atom stereocenters. The molecule has 1 N–H and O–H groups in total. The highest BCUT2D eigenvalue weighted by Crippen LogP contribution is 2.26. The van der Waals surface area contributed by atoms with Crippen LogP contribution in [-0.4, -0.2) is 28.8 Å². The summed E-state index contributed by atoms with van der Waals surface area (Å²) in [5.41, 5.74) is 3.51. The first-order valence-electron chi connectivity index (χ1n) is 9.69. The number of amides is 1. The number of aromatic nitrogens is 2. The van der Waals surface area contributed by atoms with E-state index in [1.54, 1.807) is 0 Å². The van der Waals surface area contributed by atoms with Crippen molar-refractivity contribution in [3.05, 3.63) is 47.8 Å². The molecule has 0 aliphatic heterocycles. The van der Waals surface area contributed by atoms with Gasteiger partial charge in [0, 0.05) is 44.5 Å². The van der Waals surface area contributed by atoms with Gasteiger partial charge in [0.05, 0.1) is 6.20 Å². The van der Waals surface area contributed by atoms with Crippen molar-refractivity contribution in [2.45, 2.75) is 64.6 Å². The highest BCUT2D eigenvalue weighted by Gasteiger charge is 2.18. The molecule has 5 heteroatoms. The second kappa shape index (κ2) is 8.88. The Morgan fingerprint density at radius 3 is 2.62 bits per heavy atom. The van der Waals surface area contributed by atoms with Crippen LogP contribution in [0.3, 0.4) is 0 Å². The molecular weight excluding hydrogens is 324 g/mol. The maximum Gasteiger partial charge on any atom is 0.222 e. The van der Waals surface area contributed by atoms with E-state index in [0.29, 0.717) is 25.6 Å². The summed E-state index contributed by atoms with van der Waals surface area (Å²) in [6.45, 7) is 3.19. The molecule has 0 bridgehead atoms. The first kappa shape index (κ1) is 18.5. The van der Waals surface area contributed by atoms with Crippen LogP contribution in [0.5, 0.6) is 0 Å². The number of hydrogen-bond acceptors (Lipinski definition) is 3. The Hall–Kier alpha value is -2.30. The van der Waals surface area contributed by atoms with E-state index < -0.39 is 0 Å². The molecule has 0 atom stereocenters. The number of carbonyl (C=O) groups is 1. The minimum Gasteiger partial charge on any atom is -0.372 e. The summed E-state index contributed by atoms with van der Waals surface area (Å²) in [6, 6.07) is 9.24. The lowest BCUT2D eigenvalue weighted by Crippen LogP contribution is -2.33. The Morgan fingerprint density at radius 1 is 1.23 bits per heavy atom. The zero-order valence-corrected chi connectivity index (χ0v) is 15.9. The predicted octanol–water partition coefficient (Wildman–Crippen LogP) is 3.67. The van der Waals surface area contributed by atoms with E-state index in [9.17, 15) is 4.79 Å². The van der Waals surface area contributed by atoms with Crippen molar-refractivity contribution in [1.29, 1.82) is 0 Å². The van der Waals surface area contributed by atoms with Crippen LogP contribution in [0, 0.1) is 6.92 Å². The summed E-state index contributed by atoms with van der Waals surface area (Å²) < 4.78 is 1.81.